The summed E-state index contributed by atoms with van der Waals surface area (Å²) in [6.07, 6.45) is 2.95. The first kappa shape index (κ1) is 34.2. The lowest BCUT2D eigenvalue weighted by atomic mass is 9.90. The van der Waals surface area contributed by atoms with Crippen molar-refractivity contribution in [2.75, 3.05) is 6.61 Å². The van der Waals surface area contributed by atoms with Crippen molar-refractivity contribution in [3.05, 3.63) is 119 Å². The molecule has 4 aromatic carbocycles. The van der Waals surface area contributed by atoms with E-state index >= 15 is 4.39 Å². The van der Waals surface area contributed by atoms with Gasteiger partial charge in [-0.05, 0) is 71.7 Å². The topological polar surface area (TPSA) is 18.5 Å². The highest BCUT2D eigenvalue weighted by Gasteiger charge is 2.29. The fourth-order valence-electron chi connectivity index (χ4n) is 5.66. The lowest BCUT2D eigenvalue weighted by molar-refractivity contribution is -0.131. The van der Waals surface area contributed by atoms with Gasteiger partial charge in [0.05, 0.1) is 12.7 Å². The molecule has 0 aliphatic carbocycles. The third-order valence-corrected chi connectivity index (χ3v) is 8.22. The van der Waals surface area contributed by atoms with Crippen molar-refractivity contribution >= 4 is 6.08 Å². The summed E-state index contributed by atoms with van der Waals surface area (Å²) in [6, 6.07) is 13.8. The molecule has 1 fully saturated rings. The smallest absolute Gasteiger partial charge is 0.419 e. The zero-order valence-electron chi connectivity index (χ0n) is 25.5. The van der Waals surface area contributed by atoms with Crippen LogP contribution >= 0.6 is 0 Å². The van der Waals surface area contributed by atoms with Gasteiger partial charge in [-0.1, -0.05) is 62.6 Å². The molecule has 0 aromatic heterocycles. The van der Waals surface area contributed by atoms with E-state index in [9.17, 15) is 30.7 Å². The third kappa shape index (κ3) is 8.41. The molecule has 5 rings (SSSR count). The molecule has 0 N–H and O–H groups in total. The van der Waals surface area contributed by atoms with Gasteiger partial charge in [0.15, 0.2) is 17.5 Å². The number of ether oxygens (including phenoxy) is 2. The van der Waals surface area contributed by atoms with E-state index in [0.717, 1.165) is 42.7 Å². The van der Waals surface area contributed by atoms with Gasteiger partial charge in [-0.15, -0.1) is 0 Å². The number of hydrogen-bond donors (Lipinski definition) is 0. The van der Waals surface area contributed by atoms with E-state index in [1.54, 1.807) is 6.07 Å². The van der Waals surface area contributed by atoms with Crippen LogP contribution in [0.2, 0.25) is 0 Å². The maximum Gasteiger partial charge on any atom is 0.419 e. The van der Waals surface area contributed by atoms with E-state index in [1.165, 1.54) is 37.8 Å². The predicted octanol–water partition coefficient (Wildman–Crippen LogP) is 11.6. The molecule has 2 atom stereocenters. The number of alkyl halides is 2. The summed E-state index contributed by atoms with van der Waals surface area (Å²) >= 11 is 0. The molecule has 0 spiro atoms. The van der Waals surface area contributed by atoms with E-state index < -0.39 is 52.3 Å². The third-order valence-electron chi connectivity index (χ3n) is 8.22. The van der Waals surface area contributed by atoms with Crippen LogP contribution in [0.5, 0.6) is 5.75 Å². The molecule has 1 aliphatic heterocycles. The molecular formula is C37H32F8O2. The van der Waals surface area contributed by atoms with E-state index in [2.05, 4.69) is 11.7 Å². The Labute approximate surface area is 267 Å². The first-order valence-electron chi connectivity index (χ1n) is 15.4. The molecule has 4 aromatic rings. The fourth-order valence-corrected chi connectivity index (χ4v) is 5.66. The van der Waals surface area contributed by atoms with E-state index in [-0.39, 0.29) is 35.4 Å². The van der Waals surface area contributed by atoms with Crippen LogP contribution in [0.25, 0.3) is 28.3 Å². The van der Waals surface area contributed by atoms with Crippen LogP contribution in [-0.2, 0) is 4.74 Å². The number of benzene rings is 4. The molecule has 248 valence electrons. The van der Waals surface area contributed by atoms with Crippen molar-refractivity contribution in [3.63, 3.8) is 0 Å². The van der Waals surface area contributed by atoms with Crippen LogP contribution in [0.15, 0.2) is 72.8 Å². The number of halogens is 8. The van der Waals surface area contributed by atoms with Gasteiger partial charge in [0.2, 0.25) is 0 Å². The summed E-state index contributed by atoms with van der Waals surface area (Å²) < 4.78 is 123. The molecule has 0 bridgehead atoms. The Morgan fingerprint density at radius 1 is 0.745 bits per heavy atom. The van der Waals surface area contributed by atoms with Gasteiger partial charge in [-0.3, -0.25) is 0 Å². The van der Waals surface area contributed by atoms with Gasteiger partial charge >= 0.3 is 6.11 Å². The average Bonchev–Trinajstić information content (AvgIpc) is 3.03. The average molecular weight is 661 g/mol. The SMILES string of the molecule is CCCCCC1CCC(c2ccc(-c3ccc(-c4cc(F)c(/C=C/C(F)(F)Oc5cc(F)c(F)c(F)c5)c(F)c4)c(F)c3)cc2)OC1. The minimum absolute atomic E-state index is 0.0101. The molecule has 0 saturated carbocycles. The second-order valence-corrected chi connectivity index (χ2v) is 11.6. The summed E-state index contributed by atoms with van der Waals surface area (Å²) in [5, 5.41) is 0. The second-order valence-electron chi connectivity index (χ2n) is 11.6. The predicted molar refractivity (Wildman–Crippen MR) is 164 cm³/mol. The molecule has 10 heteroatoms. The van der Waals surface area contributed by atoms with E-state index in [0.29, 0.717) is 17.6 Å². The lowest BCUT2D eigenvalue weighted by Gasteiger charge is -2.29. The summed E-state index contributed by atoms with van der Waals surface area (Å²) in [4.78, 5) is 0. The van der Waals surface area contributed by atoms with Crippen molar-refractivity contribution in [1.29, 1.82) is 0 Å². The van der Waals surface area contributed by atoms with Crippen LogP contribution in [0.3, 0.4) is 0 Å². The highest BCUT2D eigenvalue weighted by Crippen LogP contribution is 2.35. The monoisotopic (exact) mass is 660 g/mol. The summed E-state index contributed by atoms with van der Waals surface area (Å²) in [6.45, 7) is 2.93. The Balaban J connectivity index is 1.26. The van der Waals surface area contributed by atoms with Crippen molar-refractivity contribution in [1.82, 2.24) is 0 Å². The van der Waals surface area contributed by atoms with Gasteiger partial charge in [0.25, 0.3) is 0 Å². The molecule has 2 unspecified atom stereocenters. The van der Waals surface area contributed by atoms with E-state index in [4.69, 9.17) is 4.74 Å². The van der Waals surface area contributed by atoms with Crippen molar-refractivity contribution < 1.29 is 44.6 Å². The largest absolute Gasteiger partial charge is 0.429 e. The van der Waals surface area contributed by atoms with Crippen LogP contribution in [0, 0.1) is 40.8 Å². The van der Waals surface area contributed by atoms with Crippen LogP contribution < -0.4 is 4.74 Å². The van der Waals surface area contributed by atoms with Gasteiger partial charge < -0.3 is 9.47 Å². The molecular weight excluding hydrogens is 628 g/mol. The lowest BCUT2D eigenvalue weighted by Crippen LogP contribution is -2.21. The standard InChI is InChI=1S/C37H32F8O2/c1-2-3-4-5-22-6-13-35(46-21-22)24-9-7-23(8-10-24)25-11-12-28(30(38)16-25)26-17-31(39)29(32(40)18-26)14-15-37(44,45)47-27-19-33(41)36(43)34(42)20-27/h7-12,14-20,22,35H,2-6,13,21H2,1H3/b15-14+. The van der Waals surface area contributed by atoms with Gasteiger partial charge in [0, 0.05) is 29.3 Å². The molecule has 0 radical (unpaired) electrons. The van der Waals surface area contributed by atoms with Crippen LogP contribution in [0.1, 0.15) is 62.7 Å². The summed E-state index contributed by atoms with van der Waals surface area (Å²) in [7, 11) is 0. The minimum Gasteiger partial charge on any atom is -0.429 e. The Morgan fingerprint density at radius 2 is 1.38 bits per heavy atom. The van der Waals surface area contributed by atoms with Gasteiger partial charge in [0.1, 0.15) is 23.2 Å². The van der Waals surface area contributed by atoms with Crippen LogP contribution in [0.4, 0.5) is 35.1 Å². The van der Waals surface area contributed by atoms with Crippen molar-refractivity contribution in [3.8, 4) is 28.0 Å². The van der Waals surface area contributed by atoms with Gasteiger partial charge in [-0.2, -0.15) is 8.78 Å². The number of unbranched alkanes of at least 4 members (excludes halogenated alkanes) is 2. The first-order valence-corrected chi connectivity index (χ1v) is 15.4. The number of hydrogen-bond acceptors (Lipinski definition) is 2. The number of rotatable bonds is 11. The Kier molecular flexibility index (Phi) is 10.7. The fraction of sp³-hybridized carbons (Fsp3) is 0.297. The Hall–Kier alpha value is -4.18. The first-order chi connectivity index (χ1) is 22.4. The quantitative estimate of drug-likeness (QED) is 0.0906. The highest BCUT2D eigenvalue weighted by atomic mass is 19.3. The molecule has 47 heavy (non-hydrogen) atoms. The van der Waals surface area contributed by atoms with Crippen molar-refractivity contribution in [2.45, 2.75) is 57.7 Å². The van der Waals surface area contributed by atoms with Gasteiger partial charge in [-0.25, -0.2) is 26.3 Å². The van der Waals surface area contributed by atoms with E-state index in [1.807, 2.05) is 24.3 Å². The zero-order valence-corrected chi connectivity index (χ0v) is 25.5. The zero-order chi connectivity index (χ0) is 33.7. The molecule has 1 saturated heterocycles. The Bertz CT molecular complexity index is 1680. The summed E-state index contributed by atoms with van der Waals surface area (Å²) in [5.74, 6) is -9.17. The normalized spacial score (nSPS) is 17.0. The van der Waals surface area contributed by atoms with Crippen LogP contribution in [-0.4, -0.2) is 12.7 Å². The minimum atomic E-state index is -4.28. The maximum absolute atomic E-state index is 15.2. The summed E-state index contributed by atoms with van der Waals surface area (Å²) in [5.41, 5.74) is 1.15. The Morgan fingerprint density at radius 3 is 1.98 bits per heavy atom. The second kappa shape index (κ2) is 14.7. The van der Waals surface area contributed by atoms with Crippen molar-refractivity contribution in [2.24, 2.45) is 5.92 Å². The molecule has 1 heterocycles. The highest BCUT2D eigenvalue weighted by molar-refractivity contribution is 5.72. The molecule has 2 nitrogen and oxygen atoms in total. The molecule has 0 amide bonds. The maximum atomic E-state index is 15.2. The molecule has 1 aliphatic rings.